The first-order valence-electron chi connectivity index (χ1n) is 11.3. The van der Waals surface area contributed by atoms with Gasteiger partial charge in [0.15, 0.2) is 5.13 Å². The summed E-state index contributed by atoms with van der Waals surface area (Å²) in [5.74, 6) is 0.873. The van der Waals surface area contributed by atoms with E-state index in [4.69, 9.17) is 4.42 Å². The van der Waals surface area contributed by atoms with Crippen LogP contribution in [0, 0.1) is 5.92 Å². The molecule has 35 heavy (non-hydrogen) atoms. The molecule has 0 spiro atoms. The van der Waals surface area contributed by atoms with Gasteiger partial charge in [-0.05, 0) is 73.4 Å². The molecule has 182 valence electrons. The largest absolute Gasteiger partial charge is 0.467 e. The van der Waals surface area contributed by atoms with E-state index in [1.54, 1.807) is 35.4 Å². The molecule has 0 aliphatic carbocycles. The molecule has 1 amide bonds. The number of piperidine rings is 1. The average molecular weight is 575 g/mol. The summed E-state index contributed by atoms with van der Waals surface area (Å²) in [7, 11) is -3.58. The lowest BCUT2D eigenvalue weighted by molar-refractivity contribution is 0.0983. The number of sulfonamides is 1. The lowest BCUT2D eigenvalue weighted by Crippen LogP contribution is -2.37. The second kappa shape index (κ2) is 9.85. The van der Waals surface area contributed by atoms with E-state index < -0.39 is 10.0 Å². The van der Waals surface area contributed by atoms with Gasteiger partial charge in [-0.3, -0.25) is 9.69 Å². The number of halogens is 1. The third-order valence-electron chi connectivity index (χ3n) is 6.19. The Morgan fingerprint density at radius 3 is 2.60 bits per heavy atom. The number of thiazole rings is 1. The van der Waals surface area contributed by atoms with Crippen LogP contribution in [0.4, 0.5) is 5.13 Å². The molecule has 5 rings (SSSR count). The molecule has 4 aromatic rings. The van der Waals surface area contributed by atoms with Crippen molar-refractivity contribution >= 4 is 58.5 Å². The smallest absolute Gasteiger partial charge is 0.260 e. The van der Waals surface area contributed by atoms with Crippen molar-refractivity contribution < 1.29 is 17.6 Å². The van der Waals surface area contributed by atoms with E-state index in [1.165, 1.54) is 27.8 Å². The summed E-state index contributed by atoms with van der Waals surface area (Å²) < 4.78 is 35.1. The number of aromatic nitrogens is 1. The van der Waals surface area contributed by atoms with Crippen molar-refractivity contribution in [3.63, 3.8) is 0 Å². The number of carbonyl (C=O) groups excluding carboxylic acids is 1. The SMILES string of the molecule is CC1CCN(S(=O)(=O)c2ccc(C(=O)N(Cc3ccco3)c3nc4ccc(Br)cc4s3)cc2)CC1. The predicted octanol–water partition coefficient (Wildman–Crippen LogP) is 5.92. The van der Waals surface area contributed by atoms with Gasteiger partial charge in [-0.15, -0.1) is 0 Å². The van der Waals surface area contributed by atoms with Gasteiger partial charge in [0.2, 0.25) is 10.0 Å². The summed E-state index contributed by atoms with van der Waals surface area (Å²) in [4.78, 5) is 20.0. The highest BCUT2D eigenvalue weighted by Gasteiger charge is 2.29. The van der Waals surface area contributed by atoms with Gasteiger partial charge in [0, 0.05) is 23.1 Å². The third kappa shape index (κ3) is 5.06. The van der Waals surface area contributed by atoms with Crippen LogP contribution < -0.4 is 4.90 Å². The zero-order valence-corrected chi connectivity index (χ0v) is 22.3. The molecule has 0 N–H and O–H groups in total. The summed E-state index contributed by atoms with van der Waals surface area (Å²) in [5.41, 5.74) is 1.17. The van der Waals surface area contributed by atoms with Crippen molar-refractivity contribution in [1.29, 1.82) is 0 Å². The van der Waals surface area contributed by atoms with Crippen molar-refractivity contribution in [1.82, 2.24) is 9.29 Å². The maximum absolute atomic E-state index is 13.6. The Morgan fingerprint density at radius 1 is 1.17 bits per heavy atom. The number of hydrogen-bond acceptors (Lipinski definition) is 6. The van der Waals surface area contributed by atoms with Crippen molar-refractivity contribution in [2.24, 2.45) is 5.92 Å². The van der Waals surface area contributed by atoms with E-state index in [2.05, 4.69) is 27.8 Å². The first kappa shape index (κ1) is 24.2. The molecular weight excluding hydrogens is 550 g/mol. The van der Waals surface area contributed by atoms with Crippen molar-refractivity contribution in [3.8, 4) is 0 Å². The lowest BCUT2D eigenvalue weighted by atomic mass is 10.0. The average Bonchev–Trinajstić information content (AvgIpc) is 3.52. The first-order chi connectivity index (χ1) is 16.8. The molecule has 1 aliphatic heterocycles. The minimum Gasteiger partial charge on any atom is -0.467 e. The van der Waals surface area contributed by atoms with E-state index in [0.29, 0.717) is 35.5 Å². The fourth-order valence-corrected chi connectivity index (χ4v) is 7.07. The Hall–Kier alpha value is -2.53. The summed E-state index contributed by atoms with van der Waals surface area (Å²) in [6, 6.07) is 15.5. The Bertz CT molecular complexity index is 1440. The molecule has 0 unspecified atom stereocenters. The fourth-order valence-electron chi connectivity index (χ4n) is 4.09. The van der Waals surface area contributed by atoms with E-state index in [0.717, 1.165) is 27.5 Å². The number of carbonyl (C=O) groups is 1. The number of nitrogens with zero attached hydrogens (tertiary/aromatic N) is 3. The number of furan rings is 1. The number of amides is 1. The van der Waals surface area contributed by atoms with Gasteiger partial charge in [0.1, 0.15) is 5.76 Å². The molecule has 0 bridgehead atoms. The van der Waals surface area contributed by atoms with Gasteiger partial charge >= 0.3 is 0 Å². The van der Waals surface area contributed by atoms with E-state index in [1.807, 2.05) is 18.2 Å². The summed E-state index contributed by atoms with van der Waals surface area (Å²) >= 11 is 4.89. The normalized spacial score (nSPS) is 15.5. The molecule has 3 heterocycles. The number of anilines is 1. The minimum absolute atomic E-state index is 0.200. The van der Waals surface area contributed by atoms with Gasteiger partial charge < -0.3 is 4.42 Å². The van der Waals surface area contributed by atoms with Gasteiger partial charge in [0.25, 0.3) is 5.91 Å². The van der Waals surface area contributed by atoms with Crippen LogP contribution in [-0.4, -0.2) is 36.7 Å². The minimum atomic E-state index is -3.58. The quantitative estimate of drug-likeness (QED) is 0.286. The molecule has 2 aromatic carbocycles. The Balaban J connectivity index is 1.44. The molecule has 0 atom stereocenters. The third-order valence-corrected chi connectivity index (χ3v) is 9.64. The Kier molecular flexibility index (Phi) is 6.80. The lowest BCUT2D eigenvalue weighted by Gasteiger charge is -2.29. The molecule has 1 aliphatic rings. The molecule has 10 heteroatoms. The van der Waals surface area contributed by atoms with Crippen LogP contribution in [0.3, 0.4) is 0 Å². The summed E-state index contributed by atoms with van der Waals surface area (Å²) in [5, 5.41) is 0.540. The molecule has 2 aromatic heterocycles. The maximum Gasteiger partial charge on any atom is 0.260 e. The number of hydrogen-bond donors (Lipinski definition) is 0. The van der Waals surface area contributed by atoms with Crippen LogP contribution in [0.15, 0.2) is 74.6 Å². The van der Waals surface area contributed by atoms with Crippen molar-refractivity contribution in [2.45, 2.75) is 31.2 Å². The molecule has 7 nitrogen and oxygen atoms in total. The van der Waals surface area contributed by atoms with E-state index in [-0.39, 0.29) is 17.3 Å². The van der Waals surface area contributed by atoms with Crippen LogP contribution in [0.5, 0.6) is 0 Å². The zero-order valence-electron chi connectivity index (χ0n) is 19.1. The predicted molar refractivity (Wildman–Crippen MR) is 140 cm³/mol. The Labute approximate surface area is 216 Å². The van der Waals surface area contributed by atoms with Crippen LogP contribution in [0.25, 0.3) is 10.2 Å². The second-order valence-electron chi connectivity index (χ2n) is 8.69. The molecule has 1 fully saturated rings. The zero-order chi connectivity index (χ0) is 24.6. The molecular formula is C25H24BrN3O4S2. The number of rotatable bonds is 6. The van der Waals surface area contributed by atoms with Gasteiger partial charge in [0.05, 0.1) is 27.9 Å². The van der Waals surface area contributed by atoms with Crippen LogP contribution in [0.1, 0.15) is 35.9 Å². The Morgan fingerprint density at radius 2 is 1.91 bits per heavy atom. The highest BCUT2D eigenvalue weighted by molar-refractivity contribution is 9.10. The van der Waals surface area contributed by atoms with E-state index >= 15 is 0 Å². The number of fused-ring (bicyclic) bond motifs is 1. The van der Waals surface area contributed by atoms with Crippen LogP contribution >= 0.6 is 27.3 Å². The summed E-state index contributed by atoms with van der Waals surface area (Å²) in [6.07, 6.45) is 3.28. The van der Waals surface area contributed by atoms with Crippen molar-refractivity contribution in [2.75, 3.05) is 18.0 Å². The van der Waals surface area contributed by atoms with Crippen LogP contribution in [-0.2, 0) is 16.6 Å². The monoisotopic (exact) mass is 573 g/mol. The van der Waals surface area contributed by atoms with Gasteiger partial charge in [-0.1, -0.05) is 34.2 Å². The van der Waals surface area contributed by atoms with E-state index in [9.17, 15) is 13.2 Å². The second-order valence-corrected chi connectivity index (χ2v) is 12.6. The summed E-state index contributed by atoms with van der Waals surface area (Å²) in [6.45, 7) is 3.39. The fraction of sp³-hybridized carbons (Fsp3) is 0.280. The number of benzene rings is 2. The molecule has 1 saturated heterocycles. The highest BCUT2D eigenvalue weighted by atomic mass is 79.9. The highest BCUT2D eigenvalue weighted by Crippen LogP contribution is 2.33. The van der Waals surface area contributed by atoms with Gasteiger partial charge in [-0.2, -0.15) is 4.31 Å². The van der Waals surface area contributed by atoms with Crippen molar-refractivity contribution in [3.05, 3.63) is 76.7 Å². The first-order valence-corrected chi connectivity index (χ1v) is 14.4. The molecule has 0 saturated carbocycles. The molecule has 0 radical (unpaired) electrons. The van der Waals surface area contributed by atoms with Gasteiger partial charge in [-0.25, -0.2) is 13.4 Å². The standard InChI is InChI=1S/C25H24BrN3O4S2/c1-17-10-12-28(13-11-17)35(31,32)21-7-4-18(5-8-21)24(30)29(16-20-3-2-14-33-20)25-27-22-9-6-19(26)15-23(22)34-25/h2-9,14-15,17H,10-13,16H2,1H3. The van der Waals surface area contributed by atoms with Crippen LogP contribution in [0.2, 0.25) is 0 Å². The topological polar surface area (TPSA) is 83.7 Å². The maximum atomic E-state index is 13.6.